The van der Waals surface area contributed by atoms with Crippen molar-refractivity contribution >= 4 is 17.5 Å². The Morgan fingerprint density at radius 1 is 1.38 bits per heavy atom. The highest BCUT2D eigenvalue weighted by Gasteiger charge is 2.18. The van der Waals surface area contributed by atoms with Crippen LogP contribution in [0.25, 0.3) is 11.3 Å². The first-order valence-corrected chi connectivity index (χ1v) is 7.38. The van der Waals surface area contributed by atoms with Crippen LogP contribution in [0.1, 0.15) is 13.3 Å². The zero-order valence-corrected chi connectivity index (χ0v) is 13.4. The molecule has 0 aliphatic carbocycles. The minimum absolute atomic E-state index is 0.227. The van der Waals surface area contributed by atoms with E-state index in [1.54, 1.807) is 31.3 Å². The number of amides is 2. The quantitative estimate of drug-likeness (QED) is 0.684. The molecule has 0 saturated heterocycles. The summed E-state index contributed by atoms with van der Waals surface area (Å²) in [4.78, 5) is 27.6. The average molecular weight is 333 g/mol. The fourth-order valence-electron chi connectivity index (χ4n) is 2.04. The second-order valence-electron chi connectivity index (χ2n) is 5.00. The van der Waals surface area contributed by atoms with Crippen LogP contribution in [0.5, 0.6) is 5.75 Å². The number of ether oxygens (including phenoxy) is 1. The lowest BCUT2D eigenvalue weighted by molar-refractivity contribution is -0.136. The van der Waals surface area contributed by atoms with Crippen molar-refractivity contribution in [3.05, 3.63) is 30.8 Å². The number of carbonyl (C=O) groups is 2. The fraction of sp³-hybridized carbons (Fsp3) is 0.312. The predicted octanol–water partition coefficient (Wildman–Crippen LogP) is 1.18. The number of hydrogen-bond acceptors (Lipinski definition) is 6. The third kappa shape index (κ3) is 4.11. The average Bonchev–Trinajstić information content (AvgIpc) is 3.13. The van der Waals surface area contributed by atoms with E-state index in [9.17, 15) is 9.59 Å². The molecule has 1 unspecified atom stereocenters. The van der Waals surface area contributed by atoms with Gasteiger partial charge in [-0.15, -0.1) is 0 Å². The Hall–Kier alpha value is -2.87. The molecule has 0 aliphatic rings. The van der Waals surface area contributed by atoms with E-state index >= 15 is 0 Å². The zero-order valence-electron chi connectivity index (χ0n) is 13.4. The van der Waals surface area contributed by atoms with Crippen molar-refractivity contribution in [1.82, 2.24) is 10.3 Å². The Bertz CT molecular complexity index is 696. The van der Waals surface area contributed by atoms with Gasteiger partial charge in [0.15, 0.2) is 12.2 Å². The molecule has 128 valence electrons. The molecule has 1 heterocycles. The first kappa shape index (κ1) is 17.5. The Morgan fingerprint density at radius 3 is 2.75 bits per heavy atom. The lowest BCUT2D eigenvalue weighted by Gasteiger charge is -2.14. The molecular weight excluding hydrogens is 314 g/mol. The number of aromatic nitrogens is 1. The second-order valence-corrected chi connectivity index (χ2v) is 5.00. The van der Waals surface area contributed by atoms with Crippen molar-refractivity contribution in [3.63, 3.8) is 0 Å². The molecule has 2 amide bonds. The fourth-order valence-corrected chi connectivity index (χ4v) is 2.04. The van der Waals surface area contributed by atoms with Crippen LogP contribution in [0, 0.1) is 0 Å². The Labute approximate surface area is 138 Å². The van der Waals surface area contributed by atoms with Gasteiger partial charge in [0.2, 0.25) is 0 Å². The van der Waals surface area contributed by atoms with E-state index in [-0.39, 0.29) is 6.61 Å². The van der Waals surface area contributed by atoms with E-state index in [0.717, 1.165) is 0 Å². The van der Waals surface area contributed by atoms with Crippen molar-refractivity contribution in [2.75, 3.05) is 19.0 Å². The zero-order chi connectivity index (χ0) is 17.5. The highest BCUT2D eigenvalue weighted by atomic mass is 16.5. The topological polar surface area (TPSA) is 114 Å². The van der Waals surface area contributed by atoms with E-state index in [1.165, 1.54) is 13.5 Å². The van der Waals surface area contributed by atoms with Gasteiger partial charge in [0.25, 0.3) is 0 Å². The number of nitrogens with zero attached hydrogens (tertiary/aromatic N) is 1. The van der Waals surface area contributed by atoms with Crippen LogP contribution in [0.3, 0.4) is 0 Å². The number of hydrogen-bond donors (Lipinski definition) is 3. The summed E-state index contributed by atoms with van der Waals surface area (Å²) in [5.41, 5.74) is 1.07. The molecule has 1 aromatic carbocycles. The molecule has 0 saturated carbocycles. The molecule has 24 heavy (non-hydrogen) atoms. The maximum atomic E-state index is 11.9. The van der Waals surface area contributed by atoms with E-state index in [1.807, 2.05) is 0 Å². The molecule has 2 aromatic rings. The van der Waals surface area contributed by atoms with Gasteiger partial charge in [0.05, 0.1) is 31.5 Å². The predicted molar refractivity (Wildman–Crippen MR) is 86.4 cm³/mol. The Morgan fingerprint density at radius 2 is 2.17 bits per heavy atom. The number of anilines is 1. The number of carbonyl (C=O) groups excluding carboxylic acids is 2. The number of oxazole rings is 1. The number of aliphatic hydroxyl groups is 1. The lowest BCUT2D eigenvalue weighted by atomic mass is 10.1. The van der Waals surface area contributed by atoms with Crippen molar-refractivity contribution in [2.45, 2.75) is 19.4 Å². The number of methoxy groups -OCH3 is 1. The van der Waals surface area contributed by atoms with Gasteiger partial charge in [-0.1, -0.05) is 6.92 Å². The first-order chi connectivity index (χ1) is 11.6. The van der Waals surface area contributed by atoms with Crippen molar-refractivity contribution in [1.29, 1.82) is 0 Å². The highest BCUT2D eigenvalue weighted by molar-refractivity contribution is 6.39. The highest BCUT2D eigenvalue weighted by Crippen LogP contribution is 2.32. The van der Waals surface area contributed by atoms with E-state index in [2.05, 4.69) is 15.6 Å². The smallest absolute Gasteiger partial charge is 0.313 e. The third-order valence-corrected chi connectivity index (χ3v) is 3.41. The molecule has 0 radical (unpaired) electrons. The minimum atomic E-state index is -0.823. The van der Waals surface area contributed by atoms with Crippen LogP contribution in [0.2, 0.25) is 0 Å². The first-order valence-electron chi connectivity index (χ1n) is 7.38. The lowest BCUT2D eigenvalue weighted by Crippen LogP contribution is -2.43. The van der Waals surface area contributed by atoms with E-state index in [0.29, 0.717) is 29.2 Å². The number of benzene rings is 1. The summed E-state index contributed by atoms with van der Waals surface area (Å²) in [6.07, 6.45) is 3.37. The summed E-state index contributed by atoms with van der Waals surface area (Å²) in [6.45, 7) is 1.57. The standard InChI is InChI=1S/C16H19N3O5/c1-3-10(8-20)18-15(21)16(22)19-11-4-5-12(13(6-11)23-2)14-7-17-9-24-14/h4-7,9-10,20H,3,8H2,1-2H3,(H,18,21)(H,19,22). The van der Waals surface area contributed by atoms with Crippen LogP contribution in [0.4, 0.5) is 5.69 Å². The van der Waals surface area contributed by atoms with Crippen molar-refractivity contribution in [3.8, 4) is 17.1 Å². The van der Waals surface area contributed by atoms with Gasteiger partial charge in [-0.25, -0.2) is 4.98 Å². The van der Waals surface area contributed by atoms with Crippen LogP contribution < -0.4 is 15.4 Å². The number of rotatable bonds is 6. The van der Waals surface area contributed by atoms with Crippen LogP contribution in [0.15, 0.2) is 35.2 Å². The van der Waals surface area contributed by atoms with Gasteiger partial charge in [-0.2, -0.15) is 0 Å². The number of aliphatic hydroxyl groups excluding tert-OH is 1. The van der Waals surface area contributed by atoms with Crippen LogP contribution in [-0.2, 0) is 9.59 Å². The van der Waals surface area contributed by atoms with Gasteiger partial charge >= 0.3 is 11.8 Å². The van der Waals surface area contributed by atoms with Crippen LogP contribution in [-0.4, -0.2) is 41.7 Å². The molecule has 1 aromatic heterocycles. The summed E-state index contributed by atoms with van der Waals surface area (Å²) in [5.74, 6) is -0.645. The summed E-state index contributed by atoms with van der Waals surface area (Å²) in [5, 5.41) is 14.0. The summed E-state index contributed by atoms with van der Waals surface area (Å²) >= 11 is 0. The summed E-state index contributed by atoms with van der Waals surface area (Å²) in [7, 11) is 1.49. The van der Waals surface area contributed by atoms with Crippen LogP contribution >= 0.6 is 0 Å². The van der Waals surface area contributed by atoms with Gasteiger partial charge in [-0.05, 0) is 18.6 Å². The SMILES string of the molecule is CCC(CO)NC(=O)C(=O)Nc1ccc(-c2cnco2)c(OC)c1. The molecule has 0 aliphatic heterocycles. The molecular formula is C16H19N3O5. The molecule has 0 fully saturated rings. The molecule has 0 bridgehead atoms. The largest absolute Gasteiger partial charge is 0.496 e. The van der Waals surface area contributed by atoms with Gasteiger partial charge in [0, 0.05) is 11.8 Å². The molecule has 8 heteroatoms. The van der Waals surface area contributed by atoms with Gasteiger partial charge < -0.3 is 24.9 Å². The molecule has 3 N–H and O–H groups in total. The molecule has 0 spiro atoms. The molecule has 2 rings (SSSR count). The minimum Gasteiger partial charge on any atom is -0.496 e. The Balaban J connectivity index is 2.10. The summed E-state index contributed by atoms with van der Waals surface area (Å²) < 4.78 is 10.5. The van der Waals surface area contributed by atoms with E-state index < -0.39 is 17.9 Å². The summed E-state index contributed by atoms with van der Waals surface area (Å²) in [6, 6.07) is 4.43. The normalized spacial score (nSPS) is 11.6. The third-order valence-electron chi connectivity index (χ3n) is 3.41. The Kier molecular flexibility index (Phi) is 5.91. The maximum absolute atomic E-state index is 11.9. The van der Waals surface area contributed by atoms with Crippen molar-refractivity contribution in [2.24, 2.45) is 0 Å². The molecule has 1 atom stereocenters. The van der Waals surface area contributed by atoms with Crippen molar-refractivity contribution < 1.29 is 23.8 Å². The molecule has 8 nitrogen and oxygen atoms in total. The second kappa shape index (κ2) is 8.11. The number of nitrogens with one attached hydrogen (secondary N) is 2. The monoisotopic (exact) mass is 333 g/mol. The maximum Gasteiger partial charge on any atom is 0.313 e. The van der Waals surface area contributed by atoms with Gasteiger partial charge in [0.1, 0.15) is 5.75 Å². The van der Waals surface area contributed by atoms with Gasteiger partial charge in [-0.3, -0.25) is 9.59 Å². The van der Waals surface area contributed by atoms with E-state index in [4.69, 9.17) is 14.3 Å².